The van der Waals surface area contributed by atoms with Gasteiger partial charge in [-0.15, -0.1) is 0 Å². The molecule has 0 spiro atoms. The van der Waals surface area contributed by atoms with E-state index in [0.29, 0.717) is 12.1 Å². The van der Waals surface area contributed by atoms with Crippen LogP contribution in [0.4, 0.5) is 4.79 Å². The molecular weight excluding hydrogens is 316 g/mol. The maximum Gasteiger partial charge on any atom is 0.319 e. The van der Waals surface area contributed by atoms with Gasteiger partial charge in [0, 0.05) is 12.1 Å². The highest BCUT2D eigenvalue weighted by atomic mass is 16.5. The molecule has 2 aromatic rings. The van der Waals surface area contributed by atoms with Crippen LogP contribution in [0, 0.1) is 5.92 Å². The first kappa shape index (κ1) is 16.8. The first-order valence-corrected chi connectivity index (χ1v) is 8.17. The summed E-state index contributed by atoms with van der Waals surface area (Å²) in [6, 6.07) is 18.3. The molecule has 25 heavy (non-hydrogen) atoms. The molecule has 5 nitrogen and oxygen atoms in total. The average molecular weight is 336 g/mol. The van der Waals surface area contributed by atoms with Gasteiger partial charge in [-0.2, -0.15) is 0 Å². The Balaban J connectivity index is 1.69. The summed E-state index contributed by atoms with van der Waals surface area (Å²) in [5.41, 5.74) is 2.29. The third-order valence-electron chi connectivity index (χ3n) is 4.16. The minimum atomic E-state index is -0.670. The number of hydrogen-bond donors (Lipinski definition) is 2. The standard InChI is InChI=1S/C20H20N2O3/c1-14-17(19(23)25-13-12-15-8-4-2-5-9-15)18(22-20(24)21-14)16-10-6-3-7-11-16/h2-11,17-18H,1,12-13H2,(H2,21,22,24). The van der Waals surface area contributed by atoms with E-state index in [1.54, 1.807) is 0 Å². The average Bonchev–Trinajstić information content (AvgIpc) is 2.62. The zero-order chi connectivity index (χ0) is 17.6. The maximum absolute atomic E-state index is 12.6. The lowest BCUT2D eigenvalue weighted by Gasteiger charge is -2.33. The van der Waals surface area contributed by atoms with Gasteiger partial charge in [0.25, 0.3) is 0 Å². The lowest BCUT2D eigenvalue weighted by molar-refractivity contribution is -0.148. The molecule has 1 fully saturated rings. The Hall–Kier alpha value is -3.08. The van der Waals surface area contributed by atoms with Gasteiger partial charge in [-0.25, -0.2) is 4.79 Å². The highest BCUT2D eigenvalue weighted by molar-refractivity contribution is 5.85. The molecule has 1 aliphatic rings. The predicted octanol–water partition coefficient (Wildman–Crippen LogP) is 2.96. The summed E-state index contributed by atoms with van der Waals surface area (Å²) < 4.78 is 5.45. The molecule has 2 aromatic carbocycles. The molecule has 2 N–H and O–H groups in total. The predicted molar refractivity (Wildman–Crippen MR) is 94.6 cm³/mol. The highest BCUT2D eigenvalue weighted by Gasteiger charge is 2.38. The number of rotatable bonds is 5. The van der Waals surface area contributed by atoms with Gasteiger partial charge in [0.2, 0.25) is 0 Å². The van der Waals surface area contributed by atoms with Gasteiger partial charge in [-0.05, 0) is 11.1 Å². The van der Waals surface area contributed by atoms with Crippen LogP contribution in [-0.2, 0) is 16.0 Å². The minimum absolute atomic E-state index is 0.280. The van der Waals surface area contributed by atoms with Crippen LogP contribution in [-0.4, -0.2) is 18.6 Å². The molecule has 0 aromatic heterocycles. The Kier molecular flexibility index (Phi) is 5.14. The fraction of sp³-hybridized carbons (Fsp3) is 0.200. The van der Waals surface area contributed by atoms with Crippen molar-refractivity contribution < 1.29 is 14.3 Å². The molecule has 0 radical (unpaired) electrons. The van der Waals surface area contributed by atoms with Crippen molar-refractivity contribution in [3.8, 4) is 0 Å². The summed E-state index contributed by atoms with van der Waals surface area (Å²) in [5, 5.41) is 5.36. The van der Waals surface area contributed by atoms with Crippen molar-refractivity contribution in [1.82, 2.24) is 10.6 Å². The smallest absolute Gasteiger partial charge is 0.319 e. The zero-order valence-electron chi connectivity index (χ0n) is 13.8. The number of carbonyl (C=O) groups excluding carboxylic acids is 2. The Morgan fingerprint density at radius 3 is 2.36 bits per heavy atom. The van der Waals surface area contributed by atoms with Gasteiger partial charge in [-0.1, -0.05) is 67.2 Å². The van der Waals surface area contributed by atoms with Crippen molar-refractivity contribution >= 4 is 12.0 Å². The molecule has 5 heteroatoms. The summed E-state index contributed by atoms with van der Waals surface area (Å²) in [7, 11) is 0. The van der Waals surface area contributed by atoms with Crippen LogP contribution in [0.5, 0.6) is 0 Å². The van der Waals surface area contributed by atoms with E-state index in [9.17, 15) is 9.59 Å². The molecule has 1 saturated heterocycles. The van der Waals surface area contributed by atoms with Crippen molar-refractivity contribution in [3.05, 3.63) is 84.1 Å². The number of hydrogen-bond acceptors (Lipinski definition) is 3. The summed E-state index contributed by atoms with van der Waals surface area (Å²) in [4.78, 5) is 24.4. The molecule has 128 valence electrons. The monoisotopic (exact) mass is 336 g/mol. The first-order valence-electron chi connectivity index (χ1n) is 8.17. The van der Waals surface area contributed by atoms with Gasteiger partial charge in [0.1, 0.15) is 5.92 Å². The van der Waals surface area contributed by atoms with Crippen molar-refractivity contribution in [2.45, 2.75) is 12.5 Å². The van der Waals surface area contributed by atoms with E-state index in [1.165, 1.54) is 0 Å². The van der Waals surface area contributed by atoms with E-state index in [4.69, 9.17) is 4.74 Å². The van der Waals surface area contributed by atoms with Crippen molar-refractivity contribution in [2.75, 3.05) is 6.61 Å². The molecule has 1 heterocycles. The minimum Gasteiger partial charge on any atom is -0.465 e. The van der Waals surface area contributed by atoms with E-state index in [1.807, 2.05) is 60.7 Å². The molecule has 2 atom stereocenters. The Bertz CT molecular complexity index is 759. The van der Waals surface area contributed by atoms with Crippen LogP contribution in [0.25, 0.3) is 0 Å². The number of nitrogens with one attached hydrogen (secondary N) is 2. The summed E-state index contributed by atoms with van der Waals surface area (Å²) in [5.74, 6) is -1.07. The molecule has 0 aliphatic carbocycles. The van der Waals surface area contributed by atoms with Gasteiger partial charge >= 0.3 is 12.0 Å². The largest absolute Gasteiger partial charge is 0.465 e. The first-order chi connectivity index (χ1) is 12.1. The van der Waals surface area contributed by atoms with Crippen molar-refractivity contribution in [3.63, 3.8) is 0 Å². The van der Waals surface area contributed by atoms with E-state index in [2.05, 4.69) is 17.2 Å². The van der Waals surface area contributed by atoms with E-state index in [0.717, 1.165) is 11.1 Å². The second kappa shape index (κ2) is 7.66. The van der Waals surface area contributed by atoms with Gasteiger partial charge < -0.3 is 15.4 Å². The number of ether oxygens (including phenoxy) is 1. The number of urea groups is 1. The normalized spacial score (nSPS) is 19.7. The molecule has 2 amide bonds. The number of carbonyl (C=O) groups is 2. The summed E-state index contributed by atoms with van der Waals surface area (Å²) in [6.45, 7) is 4.12. The molecule has 1 aliphatic heterocycles. The van der Waals surface area contributed by atoms with E-state index >= 15 is 0 Å². The zero-order valence-corrected chi connectivity index (χ0v) is 13.8. The van der Waals surface area contributed by atoms with Gasteiger partial charge in [0.05, 0.1) is 12.6 Å². The Morgan fingerprint density at radius 2 is 1.68 bits per heavy atom. The number of esters is 1. The molecule has 2 unspecified atom stereocenters. The van der Waals surface area contributed by atoms with Crippen LogP contribution in [0.3, 0.4) is 0 Å². The van der Waals surface area contributed by atoms with Gasteiger partial charge in [0.15, 0.2) is 0 Å². The molecule has 3 rings (SSSR count). The molecule has 0 saturated carbocycles. The highest BCUT2D eigenvalue weighted by Crippen LogP contribution is 2.30. The van der Waals surface area contributed by atoms with Crippen LogP contribution < -0.4 is 10.6 Å². The fourth-order valence-corrected chi connectivity index (χ4v) is 2.90. The van der Waals surface area contributed by atoms with Crippen molar-refractivity contribution in [1.29, 1.82) is 0 Å². The molecular formula is C20H20N2O3. The SMILES string of the molecule is C=C1NC(=O)NC(c2ccccc2)C1C(=O)OCCc1ccccc1. The summed E-state index contributed by atoms with van der Waals surface area (Å²) in [6.07, 6.45) is 0.640. The van der Waals surface area contributed by atoms with Crippen LogP contribution >= 0.6 is 0 Å². The molecule has 0 bridgehead atoms. The third kappa shape index (κ3) is 4.07. The number of benzene rings is 2. The summed E-state index contributed by atoms with van der Waals surface area (Å²) >= 11 is 0. The second-order valence-electron chi connectivity index (χ2n) is 5.89. The fourth-order valence-electron chi connectivity index (χ4n) is 2.90. The Labute approximate surface area is 146 Å². The number of amides is 2. The maximum atomic E-state index is 12.6. The lowest BCUT2D eigenvalue weighted by atomic mass is 9.89. The van der Waals surface area contributed by atoms with Crippen LogP contribution in [0.1, 0.15) is 17.2 Å². The van der Waals surface area contributed by atoms with E-state index in [-0.39, 0.29) is 12.6 Å². The second-order valence-corrected chi connectivity index (χ2v) is 5.89. The van der Waals surface area contributed by atoms with Crippen LogP contribution in [0.15, 0.2) is 72.9 Å². The topological polar surface area (TPSA) is 67.4 Å². The van der Waals surface area contributed by atoms with Gasteiger partial charge in [-0.3, -0.25) is 4.79 Å². The lowest BCUT2D eigenvalue weighted by Crippen LogP contribution is -2.51. The van der Waals surface area contributed by atoms with Crippen molar-refractivity contribution in [2.24, 2.45) is 5.92 Å². The Morgan fingerprint density at radius 1 is 1.04 bits per heavy atom. The van der Waals surface area contributed by atoms with Crippen LogP contribution in [0.2, 0.25) is 0 Å². The third-order valence-corrected chi connectivity index (χ3v) is 4.16. The van der Waals surface area contributed by atoms with E-state index < -0.39 is 17.9 Å². The quantitative estimate of drug-likeness (QED) is 0.825.